The van der Waals surface area contributed by atoms with Crippen LogP contribution < -0.4 is 5.32 Å². The zero-order chi connectivity index (χ0) is 14.8. The number of aryl methyl sites for hydroxylation is 1. The van der Waals surface area contributed by atoms with Crippen LogP contribution in [-0.2, 0) is 18.3 Å². The first kappa shape index (κ1) is 15.5. The Morgan fingerprint density at radius 2 is 2.05 bits per heavy atom. The lowest BCUT2D eigenvalue weighted by Crippen LogP contribution is -2.32. The van der Waals surface area contributed by atoms with Gasteiger partial charge in [-0.25, -0.2) is 9.59 Å². The van der Waals surface area contributed by atoms with Crippen molar-refractivity contribution >= 4 is 28.0 Å². The fraction of sp³-hybridized carbons (Fsp3) is 0.545. The molecule has 0 atom stereocenters. The Morgan fingerprint density at radius 3 is 2.47 bits per heavy atom. The third kappa shape index (κ3) is 4.23. The van der Waals surface area contributed by atoms with E-state index in [0.29, 0.717) is 10.2 Å². The summed E-state index contributed by atoms with van der Waals surface area (Å²) in [6, 6.07) is 0. The average molecular weight is 334 g/mol. The van der Waals surface area contributed by atoms with E-state index in [0.717, 1.165) is 0 Å². The normalized spacial score (nSPS) is 11.2. The molecular weight excluding hydrogens is 318 g/mol. The third-order valence-electron chi connectivity index (χ3n) is 2.06. The molecule has 19 heavy (non-hydrogen) atoms. The van der Waals surface area contributed by atoms with Gasteiger partial charge in [0.25, 0.3) is 0 Å². The maximum absolute atomic E-state index is 11.5. The maximum atomic E-state index is 11.5. The number of amides is 1. The van der Waals surface area contributed by atoms with Crippen molar-refractivity contribution in [1.82, 2.24) is 15.1 Å². The molecule has 2 N–H and O–H groups in total. The molecule has 1 heterocycles. The first-order valence-corrected chi connectivity index (χ1v) is 6.32. The van der Waals surface area contributed by atoms with Crippen LogP contribution in [0.2, 0.25) is 0 Å². The van der Waals surface area contributed by atoms with Gasteiger partial charge in [0.15, 0.2) is 5.69 Å². The van der Waals surface area contributed by atoms with Crippen LogP contribution >= 0.6 is 15.9 Å². The van der Waals surface area contributed by atoms with Crippen molar-refractivity contribution in [1.29, 1.82) is 0 Å². The number of nitrogens with one attached hydrogen (secondary N) is 1. The van der Waals surface area contributed by atoms with Gasteiger partial charge in [-0.3, -0.25) is 4.68 Å². The van der Waals surface area contributed by atoms with E-state index in [-0.39, 0.29) is 12.2 Å². The Morgan fingerprint density at radius 1 is 1.47 bits per heavy atom. The number of rotatable bonds is 3. The van der Waals surface area contributed by atoms with Crippen LogP contribution in [-0.4, -0.2) is 32.6 Å². The van der Waals surface area contributed by atoms with E-state index in [1.54, 1.807) is 20.8 Å². The zero-order valence-electron chi connectivity index (χ0n) is 11.2. The Labute approximate surface area is 119 Å². The number of carbonyl (C=O) groups is 2. The molecule has 7 nitrogen and oxygen atoms in total. The molecule has 0 aliphatic rings. The Kier molecular flexibility index (Phi) is 4.56. The van der Waals surface area contributed by atoms with Crippen molar-refractivity contribution in [3.8, 4) is 0 Å². The van der Waals surface area contributed by atoms with E-state index in [4.69, 9.17) is 9.84 Å². The second kappa shape index (κ2) is 5.60. The highest BCUT2D eigenvalue weighted by Crippen LogP contribution is 2.21. The predicted octanol–water partition coefficient (Wildman–Crippen LogP) is 1.91. The van der Waals surface area contributed by atoms with Crippen LogP contribution in [0.5, 0.6) is 0 Å². The summed E-state index contributed by atoms with van der Waals surface area (Å²) in [4.78, 5) is 22.4. The molecule has 0 aromatic carbocycles. The van der Waals surface area contributed by atoms with E-state index in [1.807, 2.05) is 0 Å². The lowest BCUT2D eigenvalue weighted by Gasteiger charge is -2.19. The van der Waals surface area contributed by atoms with Gasteiger partial charge < -0.3 is 15.2 Å². The van der Waals surface area contributed by atoms with Crippen LogP contribution in [0.1, 0.15) is 37.0 Å². The molecule has 0 radical (unpaired) electrons. The molecular formula is C11H16BrN3O4. The zero-order valence-corrected chi connectivity index (χ0v) is 12.7. The Bertz CT molecular complexity index is 505. The number of halogens is 1. The van der Waals surface area contributed by atoms with Crippen molar-refractivity contribution in [3.05, 3.63) is 15.9 Å². The van der Waals surface area contributed by atoms with Gasteiger partial charge in [-0.05, 0) is 36.7 Å². The molecule has 0 aliphatic carbocycles. The number of ether oxygens (including phenoxy) is 1. The lowest BCUT2D eigenvalue weighted by atomic mass is 10.2. The molecule has 8 heteroatoms. The summed E-state index contributed by atoms with van der Waals surface area (Å²) < 4.78 is 6.65. The van der Waals surface area contributed by atoms with Crippen molar-refractivity contribution in [2.45, 2.75) is 32.9 Å². The van der Waals surface area contributed by atoms with Crippen LogP contribution in [0.3, 0.4) is 0 Å². The maximum Gasteiger partial charge on any atom is 0.407 e. The van der Waals surface area contributed by atoms with Gasteiger partial charge in [-0.2, -0.15) is 5.10 Å². The van der Waals surface area contributed by atoms with Gasteiger partial charge in [-0.1, -0.05) is 0 Å². The van der Waals surface area contributed by atoms with Crippen molar-refractivity contribution < 1.29 is 19.4 Å². The van der Waals surface area contributed by atoms with E-state index >= 15 is 0 Å². The van der Waals surface area contributed by atoms with E-state index in [2.05, 4.69) is 26.3 Å². The van der Waals surface area contributed by atoms with E-state index in [1.165, 1.54) is 11.7 Å². The molecule has 0 saturated heterocycles. The predicted molar refractivity (Wildman–Crippen MR) is 70.9 cm³/mol. The number of nitrogens with zero attached hydrogens (tertiary/aromatic N) is 2. The van der Waals surface area contributed by atoms with E-state index < -0.39 is 17.7 Å². The smallest absolute Gasteiger partial charge is 0.407 e. The minimum absolute atomic E-state index is 0.0287. The highest BCUT2D eigenvalue weighted by Gasteiger charge is 2.21. The molecule has 1 rings (SSSR count). The van der Waals surface area contributed by atoms with Crippen LogP contribution in [0, 0.1) is 0 Å². The minimum Gasteiger partial charge on any atom is -0.476 e. The van der Waals surface area contributed by atoms with Crippen molar-refractivity contribution in [2.24, 2.45) is 7.05 Å². The number of alkyl carbamates (subject to hydrolysis) is 1. The van der Waals surface area contributed by atoms with Gasteiger partial charge >= 0.3 is 12.1 Å². The summed E-state index contributed by atoms with van der Waals surface area (Å²) in [6.45, 7) is 5.35. The first-order valence-electron chi connectivity index (χ1n) is 5.53. The first-order chi connectivity index (χ1) is 8.61. The monoisotopic (exact) mass is 333 g/mol. The number of carbonyl (C=O) groups excluding carboxylic acids is 1. The summed E-state index contributed by atoms with van der Waals surface area (Å²) in [5, 5.41) is 15.5. The molecule has 1 aromatic heterocycles. The minimum atomic E-state index is -1.09. The number of hydrogen-bond donors (Lipinski definition) is 2. The van der Waals surface area contributed by atoms with Gasteiger partial charge in [0.2, 0.25) is 0 Å². The average Bonchev–Trinajstić information content (AvgIpc) is 2.48. The summed E-state index contributed by atoms with van der Waals surface area (Å²) in [5.41, 5.74) is -0.135. The van der Waals surface area contributed by atoms with Crippen molar-refractivity contribution in [3.63, 3.8) is 0 Å². The highest BCUT2D eigenvalue weighted by atomic mass is 79.9. The summed E-state index contributed by atoms with van der Waals surface area (Å²) in [7, 11) is 1.52. The second-order valence-corrected chi connectivity index (χ2v) is 5.69. The second-order valence-electron chi connectivity index (χ2n) is 4.89. The van der Waals surface area contributed by atoms with Gasteiger partial charge in [0.1, 0.15) is 5.60 Å². The number of hydrogen-bond acceptors (Lipinski definition) is 4. The fourth-order valence-corrected chi connectivity index (χ4v) is 2.01. The molecule has 0 unspecified atom stereocenters. The number of carboxylic acid groups (broad SMARTS) is 1. The molecule has 0 aliphatic heterocycles. The quantitative estimate of drug-likeness (QED) is 0.881. The molecule has 1 aromatic rings. The summed E-state index contributed by atoms with van der Waals surface area (Å²) in [6.07, 6.45) is -0.582. The largest absolute Gasteiger partial charge is 0.476 e. The molecule has 0 fully saturated rings. The summed E-state index contributed by atoms with van der Waals surface area (Å²) in [5.74, 6) is -1.09. The van der Waals surface area contributed by atoms with Crippen molar-refractivity contribution in [2.75, 3.05) is 0 Å². The van der Waals surface area contributed by atoms with Crippen LogP contribution in [0.15, 0.2) is 4.47 Å². The molecule has 1 amide bonds. The molecule has 0 spiro atoms. The third-order valence-corrected chi connectivity index (χ3v) is 2.89. The molecule has 0 bridgehead atoms. The van der Waals surface area contributed by atoms with Crippen LogP contribution in [0.25, 0.3) is 0 Å². The number of aromatic nitrogens is 2. The van der Waals surface area contributed by atoms with E-state index in [9.17, 15) is 9.59 Å². The van der Waals surface area contributed by atoms with Crippen LogP contribution in [0.4, 0.5) is 4.79 Å². The standard InChI is InChI=1S/C11H16BrN3O4/c1-11(2,3)19-10(18)13-5-6-7(12)8(9(16)17)15(4)14-6/h5H2,1-4H3,(H,13,18)(H,16,17). The fourth-order valence-electron chi connectivity index (χ4n) is 1.37. The Hall–Kier alpha value is -1.57. The van der Waals surface area contributed by atoms with Gasteiger partial charge in [0.05, 0.1) is 16.7 Å². The SMILES string of the molecule is Cn1nc(CNC(=O)OC(C)(C)C)c(Br)c1C(=O)O. The lowest BCUT2D eigenvalue weighted by molar-refractivity contribution is 0.0522. The Balaban J connectivity index is 2.72. The number of carboxylic acids is 1. The molecule has 0 saturated carbocycles. The number of aromatic carboxylic acids is 1. The highest BCUT2D eigenvalue weighted by molar-refractivity contribution is 9.10. The summed E-state index contributed by atoms with van der Waals surface area (Å²) >= 11 is 3.16. The molecule has 106 valence electrons. The topological polar surface area (TPSA) is 93.5 Å². The van der Waals surface area contributed by atoms with Gasteiger partial charge in [0, 0.05) is 7.05 Å². The van der Waals surface area contributed by atoms with Gasteiger partial charge in [-0.15, -0.1) is 0 Å².